The second-order valence-electron chi connectivity index (χ2n) is 5.22. The quantitative estimate of drug-likeness (QED) is 0.718. The average molecular weight is 317 g/mol. The normalized spacial score (nSPS) is 10.7. The van der Waals surface area contributed by atoms with Gasteiger partial charge in [0.25, 0.3) is 5.91 Å². The van der Waals surface area contributed by atoms with E-state index in [1.807, 2.05) is 25.3 Å². The molecular formula is C17H23N3O3. The zero-order chi connectivity index (χ0) is 16.5. The van der Waals surface area contributed by atoms with E-state index in [4.69, 9.17) is 9.47 Å². The number of ether oxygens (including phenoxy) is 2. The predicted octanol–water partition coefficient (Wildman–Crippen LogP) is 1.96. The lowest BCUT2D eigenvalue weighted by Gasteiger charge is -2.07. The van der Waals surface area contributed by atoms with Gasteiger partial charge in [0.15, 0.2) is 0 Å². The molecule has 124 valence electrons. The molecule has 6 heteroatoms. The van der Waals surface area contributed by atoms with Crippen molar-refractivity contribution in [3.63, 3.8) is 0 Å². The van der Waals surface area contributed by atoms with E-state index in [-0.39, 0.29) is 5.91 Å². The van der Waals surface area contributed by atoms with Crippen LogP contribution >= 0.6 is 0 Å². The number of benzene rings is 1. The highest BCUT2D eigenvalue weighted by molar-refractivity contribution is 5.94. The van der Waals surface area contributed by atoms with Crippen LogP contribution in [0.4, 0.5) is 0 Å². The summed E-state index contributed by atoms with van der Waals surface area (Å²) in [5.41, 5.74) is 2.67. The third-order valence-corrected chi connectivity index (χ3v) is 3.29. The monoisotopic (exact) mass is 317 g/mol. The van der Waals surface area contributed by atoms with E-state index in [2.05, 4.69) is 10.4 Å². The molecule has 2 rings (SSSR count). The van der Waals surface area contributed by atoms with Gasteiger partial charge in [0.1, 0.15) is 0 Å². The lowest BCUT2D eigenvalue weighted by Crippen LogP contribution is -2.25. The maximum atomic E-state index is 12.0. The molecule has 0 spiro atoms. The third-order valence-electron chi connectivity index (χ3n) is 3.29. The van der Waals surface area contributed by atoms with Gasteiger partial charge in [-0.2, -0.15) is 5.10 Å². The van der Waals surface area contributed by atoms with Gasteiger partial charge in [-0.15, -0.1) is 0 Å². The van der Waals surface area contributed by atoms with Crippen molar-refractivity contribution < 1.29 is 14.3 Å². The Bertz CT molecular complexity index is 608. The Morgan fingerprint density at radius 2 is 2.00 bits per heavy atom. The molecule has 1 aromatic carbocycles. The molecular weight excluding hydrogens is 294 g/mol. The fourth-order valence-electron chi connectivity index (χ4n) is 2.04. The number of amides is 1. The summed E-state index contributed by atoms with van der Waals surface area (Å²) >= 11 is 0. The number of hydrogen-bond donors (Lipinski definition) is 1. The van der Waals surface area contributed by atoms with Crippen LogP contribution in [-0.2, 0) is 9.47 Å². The van der Waals surface area contributed by atoms with Crippen molar-refractivity contribution in [3.8, 4) is 5.69 Å². The maximum absolute atomic E-state index is 12.0. The van der Waals surface area contributed by atoms with Gasteiger partial charge in [-0.1, -0.05) is 0 Å². The highest BCUT2D eigenvalue weighted by Gasteiger charge is 2.05. The number of aryl methyl sites for hydroxylation is 1. The van der Waals surface area contributed by atoms with E-state index in [1.165, 1.54) is 0 Å². The average Bonchev–Trinajstić information content (AvgIpc) is 3.00. The number of hydrogen-bond acceptors (Lipinski definition) is 4. The van der Waals surface area contributed by atoms with E-state index in [0.29, 0.717) is 31.9 Å². The van der Waals surface area contributed by atoms with E-state index in [1.54, 1.807) is 30.1 Å². The largest absolute Gasteiger partial charge is 0.382 e. The van der Waals surface area contributed by atoms with Crippen molar-refractivity contribution in [2.75, 3.05) is 33.5 Å². The standard InChI is InChI=1S/C17H23N3O3/c1-14-12-19-20(13-14)16-6-4-15(5-7-16)17(21)18-8-3-9-23-11-10-22-2/h4-7,12-13H,3,8-11H2,1-2H3,(H,18,21). The highest BCUT2D eigenvalue weighted by atomic mass is 16.5. The Balaban J connectivity index is 1.75. The van der Waals surface area contributed by atoms with E-state index < -0.39 is 0 Å². The van der Waals surface area contributed by atoms with Crippen LogP contribution in [0, 0.1) is 6.92 Å². The number of carbonyl (C=O) groups excluding carboxylic acids is 1. The van der Waals surface area contributed by atoms with Gasteiger partial charge in [-0.05, 0) is 43.2 Å². The van der Waals surface area contributed by atoms with Crippen LogP contribution in [0.5, 0.6) is 0 Å². The molecule has 1 N–H and O–H groups in total. The first-order valence-corrected chi connectivity index (χ1v) is 7.67. The van der Waals surface area contributed by atoms with Gasteiger partial charge in [-0.3, -0.25) is 4.79 Å². The zero-order valence-corrected chi connectivity index (χ0v) is 13.6. The van der Waals surface area contributed by atoms with Crippen LogP contribution in [0.25, 0.3) is 5.69 Å². The summed E-state index contributed by atoms with van der Waals surface area (Å²) < 4.78 is 12.0. The van der Waals surface area contributed by atoms with Crippen LogP contribution in [0.3, 0.4) is 0 Å². The Morgan fingerprint density at radius 1 is 1.22 bits per heavy atom. The highest BCUT2D eigenvalue weighted by Crippen LogP contribution is 2.10. The summed E-state index contributed by atoms with van der Waals surface area (Å²) in [5.74, 6) is -0.0786. The minimum atomic E-state index is -0.0786. The smallest absolute Gasteiger partial charge is 0.251 e. The Morgan fingerprint density at radius 3 is 2.65 bits per heavy atom. The minimum Gasteiger partial charge on any atom is -0.382 e. The Labute approximate surface area is 136 Å². The van der Waals surface area contributed by atoms with E-state index in [9.17, 15) is 4.79 Å². The second kappa shape index (κ2) is 9.07. The van der Waals surface area contributed by atoms with Crippen molar-refractivity contribution >= 4 is 5.91 Å². The zero-order valence-electron chi connectivity index (χ0n) is 13.6. The first-order valence-electron chi connectivity index (χ1n) is 7.67. The molecule has 0 unspecified atom stereocenters. The van der Waals surface area contributed by atoms with E-state index in [0.717, 1.165) is 17.7 Å². The number of carbonyl (C=O) groups is 1. The number of nitrogens with one attached hydrogen (secondary N) is 1. The molecule has 0 saturated carbocycles. The molecule has 0 fully saturated rings. The first kappa shape index (κ1) is 17.2. The molecule has 23 heavy (non-hydrogen) atoms. The van der Waals surface area contributed by atoms with Gasteiger partial charge in [0, 0.05) is 32.0 Å². The van der Waals surface area contributed by atoms with Crippen LogP contribution in [0.15, 0.2) is 36.7 Å². The Hall–Kier alpha value is -2.18. The number of nitrogens with zero attached hydrogens (tertiary/aromatic N) is 2. The van der Waals surface area contributed by atoms with Crippen LogP contribution < -0.4 is 5.32 Å². The summed E-state index contributed by atoms with van der Waals surface area (Å²) in [4.78, 5) is 12.0. The molecule has 0 radical (unpaired) electrons. The molecule has 6 nitrogen and oxygen atoms in total. The SMILES string of the molecule is COCCOCCCNC(=O)c1ccc(-n2cc(C)cn2)cc1. The van der Waals surface area contributed by atoms with Gasteiger partial charge >= 0.3 is 0 Å². The van der Waals surface area contributed by atoms with Crippen molar-refractivity contribution in [1.29, 1.82) is 0 Å². The lowest BCUT2D eigenvalue weighted by atomic mass is 10.2. The van der Waals surface area contributed by atoms with Crippen LogP contribution in [-0.4, -0.2) is 49.2 Å². The summed E-state index contributed by atoms with van der Waals surface area (Å²) in [5, 5.41) is 7.13. The van der Waals surface area contributed by atoms with Gasteiger partial charge in [-0.25, -0.2) is 4.68 Å². The molecule has 1 heterocycles. The molecule has 0 aliphatic carbocycles. The van der Waals surface area contributed by atoms with Gasteiger partial charge in [0.05, 0.1) is 25.1 Å². The number of aromatic nitrogens is 2. The second-order valence-corrected chi connectivity index (χ2v) is 5.22. The molecule has 2 aromatic rings. The van der Waals surface area contributed by atoms with Crippen molar-refractivity contribution in [3.05, 3.63) is 47.8 Å². The summed E-state index contributed by atoms with van der Waals surface area (Å²) in [7, 11) is 1.64. The minimum absolute atomic E-state index is 0.0786. The summed E-state index contributed by atoms with van der Waals surface area (Å²) in [6.45, 7) is 4.37. The molecule has 0 aliphatic heterocycles. The van der Waals surface area contributed by atoms with E-state index >= 15 is 0 Å². The summed E-state index contributed by atoms with van der Waals surface area (Å²) in [6, 6.07) is 7.37. The lowest BCUT2D eigenvalue weighted by molar-refractivity contribution is 0.0688. The maximum Gasteiger partial charge on any atom is 0.251 e. The summed E-state index contributed by atoms with van der Waals surface area (Å²) in [6.07, 6.45) is 4.52. The van der Waals surface area contributed by atoms with Crippen molar-refractivity contribution in [1.82, 2.24) is 15.1 Å². The van der Waals surface area contributed by atoms with Gasteiger partial charge in [0.2, 0.25) is 0 Å². The van der Waals surface area contributed by atoms with Crippen molar-refractivity contribution in [2.24, 2.45) is 0 Å². The van der Waals surface area contributed by atoms with Gasteiger partial charge < -0.3 is 14.8 Å². The van der Waals surface area contributed by atoms with Crippen molar-refractivity contribution in [2.45, 2.75) is 13.3 Å². The fourth-order valence-corrected chi connectivity index (χ4v) is 2.04. The number of rotatable bonds is 9. The Kier molecular flexibility index (Phi) is 6.77. The molecule has 0 bridgehead atoms. The molecule has 0 aliphatic rings. The first-order chi connectivity index (χ1) is 11.2. The molecule has 1 aromatic heterocycles. The number of methoxy groups -OCH3 is 1. The molecule has 0 atom stereocenters. The fraction of sp³-hybridized carbons (Fsp3) is 0.412. The topological polar surface area (TPSA) is 65.4 Å². The third kappa shape index (κ3) is 5.50. The molecule has 1 amide bonds. The van der Waals surface area contributed by atoms with Crippen LogP contribution in [0.2, 0.25) is 0 Å². The van der Waals surface area contributed by atoms with Crippen LogP contribution in [0.1, 0.15) is 22.3 Å². The predicted molar refractivity (Wildman–Crippen MR) is 87.9 cm³/mol. The molecule has 0 saturated heterocycles.